The zero-order chi connectivity index (χ0) is 15.0. The van der Waals surface area contributed by atoms with Crippen LogP contribution in [0.4, 0.5) is 0 Å². The standard InChI is InChI=1S/C16H20O4/c1-4-6-15-8-9-16(7-5-2,13(18)12(15)17)11(10-15)14(19)20-3/h8-10H,4-7H2,1-3H3. The van der Waals surface area contributed by atoms with E-state index in [2.05, 4.69) is 0 Å². The highest BCUT2D eigenvalue weighted by atomic mass is 16.5. The maximum Gasteiger partial charge on any atom is 0.334 e. The van der Waals surface area contributed by atoms with Crippen molar-refractivity contribution in [1.29, 1.82) is 0 Å². The summed E-state index contributed by atoms with van der Waals surface area (Å²) in [4.78, 5) is 37.0. The quantitative estimate of drug-likeness (QED) is 0.439. The third kappa shape index (κ3) is 1.78. The van der Waals surface area contributed by atoms with E-state index in [1.807, 2.05) is 19.9 Å². The van der Waals surface area contributed by atoms with Gasteiger partial charge in [0.1, 0.15) is 0 Å². The van der Waals surface area contributed by atoms with Crippen molar-refractivity contribution in [3.63, 3.8) is 0 Å². The molecule has 0 fully saturated rings. The molecule has 0 aromatic carbocycles. The smallest absolute Gasteiger partial charge is 0.334 e. The predicted octanol–water partition coefficient (Wildman–Crippen LogP) is 2.38. The van der Waals surface area contributed by atoms with Crippen LogP contribution in [0.25, 0.3) is 0 Å². The van der Waals surface area contributed by atoms with Gasteiger partial charge in [-0.3, -0.25) is 9.59 Å². The average molecular weight is 276 g/mol. The first-order chi connectivity index (χ1) is 9.47. The van der Waals surface area contributed by atoms with Crippen LogP contribution in [0.1, 0.15) is 39.5 Å². The summed E-state index contributed by atoms with van der Waals surface area (Å²) in [6.45, 7) is 3.88. The second-order valence-corrected chi connectivity index (χ2v) is 5.55. The van der Waals surface area contributed by atoms with Crippen molar-refractivity contribution in [2.24, 2.45) is 10.8 Å². The highest BCUT2D eigenvalue weighted by Crippen LogP contribution is 2.51. The molecule has 4 nitrogen and oxygen atoms in total. The number of fused-ring (bicyclic) bond motifs is 1. The molecule has 0 saturated heterocycles. The maximum absolute atomic E-state index is 12.6. The van der Waals surface area contributed by atoms with Gasteiger partial charge >= 0.3 is 5.97 Å². The zero-order valence-electron chi connectivity index (χ0n) is 12.2. The van der Waals surface area contributed by atoms with Gasteiger partial charge in [-0.1, -0.05) is 44.9 Å². The number of Topliss-reactive ketones (excluding diaryl/α,β-unsaturated/α-hetero) is 2. The summed E-state index contributed by atoms with van der Waals surface area (Å²) in [5, 5.41) is 0. The number of ketones is 2. The Morgan fingerprint density at radius 3 is 2.30 bits per heavy atom. The van der Waals surface area contributed by atoms with Crippen molar-refractivity contribution in [1.82, 2.24) is 0 Å². The number of allylic oxidation sites excluding steroid dienone is 3. The number of methoxy groups -OCH3 is 1. The molecule has 0 heterocycles. The Hall–Kier alpha value is -1.71. The van der Waals surface area contributed by atoms with Crippen molar-refractivity contribution in [3.05, 3.63) is 23.8 Å². The third-order valence-corrected chi connectivity index (χ3v) is 4.30. The number of carbonyl (C=O) groups excluding carboxylic acids is 3. The van der Waals surface area contributed by atoms with Gasteiger partial charge in [-0.15, -0.1) is 0 Å². The Kier molecular flexibility index (Phi) is 3.67. The van der Waals surface area contributed by atoms with E-state index in [0.717, 1.165) is 6.42 Å². The van der Waals surface area contributed by atoms with Gasteiger partial charge in [0, 0.05) is 0 Å². The second kappa shape index (κ2) is 5.00. The molecule has 0 aliphatic heterocycles. The SMILES string of the molecule is CCCC12C=CC(CCC)(C(=O)C1=O)C(C(=O)OC)=C2. The molecular weight excluding hydrogens is 256 g/mol. The van der Waals surface area contributed by atoms with Gasteiger partial charge in [0.05, 0.1) is 23.5 Å². The van der Waals surface area contributed by atoms with E-state index >= 15 is 0 Å². The lowest BCUT2D eigenvalue weighted by Gasteiger charge is -2.44. The van der Waals surface area contributed by atoms with E-state index in [-0.39, 0.29) is 5.78 Å². The molecule has 3 aliphatic carbocycles. The van der Waals surface area contributed by atoms with E-state index in [0.29, 0.717) is 24.8 Å². The summed E-state index contributed by atoms with van der Waals surface area (Å²) >= 11 is 0. The molecule has 20 heavy (non-hydrogen) atoms. The first kappa shape index (κ1) is 14.7. The Balaban J connectivity index is 2.62. The topological polar surface area (TPSA) is 60.4 Å². The molecule has 0 saturated carbocycles. The minimum atomic E-state index is -1.10. The molecule has 3 rings (SSSR count). The van der Waals surface area contributed by atoms with Gasteiger partial charge in [0.15, 0.2) is 0 Å². The van der Waals surface area contributed by atoms with Gasteiger partial charge in [0.25, 0.3) is 0 Å². The maximum atomic E-state index is 12.6. The molecule has 2 unspecified atom stereocenters. The number of rotatable bonds is 5. The van der Waals surface area contributed by atoms with Crippen LogP contribution in [0.3, 0.4) is 0 Å². The largest absolute Gasteiger partial charge is 0.466 e. The Bertz CT molecular complexity index is 529. The molecule has 3 aliphatic rings. The summed E-state index contributed by atoms with van der Waals surface area (Å²) in [6, 6.07) is 0. The van der Waals surface area contributed by atoms with Gasteiger partial charge in [-0.05, 0) is 12.8 Å². The number of hydrogen-bond donors (Lipinski definition) is 0. The van der Waals surface area contributed by atoms with E-state index in [1.165, 1.54) is 7.11 Å². The zero-order valence-corrected chi connectivity index (χ0v) is 12.2. The number of hydrogen-bond acceptors (Lipinski definition) is 4. The Labute approximate surface area is 118 Å². The molecular formula is C16H20O4. The van der Waals surface area contributed by atoms with Crippen LogP contribution >= 0.6 is 0 Å². The second-order valence-electron chi connectivity index (χ2n) is 5.55. The van der Waals surface area contributed by atoms with Crippen molar-refractivity contribution < 1.29 is 19.1 Å². The van der Waals surface area contributed by atoms with Crippen molar-refractivity contribution in [2.45, 2.75) is 39.5 Å². The lowest BCUT2D eigenvalue weighted by atomic mass is 9.55. The fourth-order valence-electron chi connectivity index (χ4n) is 3.33. The van der Waals surface area contributed by atoms with Crippen LogP contribution in [0, 0.1) is 10.8 Å². The third-order valence-electron chi connectivity index (χ3n) is 4.30. The van der Waals surface area contributed by atoms with E-state index < -0.39 is 22.6 Å². The lowest BCUT2D eigenvalue weighted by Crippen LogP contribution is -2.53. The lowest BCUT2D eigenvalue weighted by molar-refractivity contribution is -0.148. The average Bonchev–Trinajstić information content (AvgIpc) is 2.45. The molecule has 108 valence electrons. The summed E-state index contributed by atoms with van der Waals surface area (Å²) in [7, 11) is 1.30. The summed E-state index contributed by atoms with van der Waals surface area (Å²) < 4.78 is 4.82. The highest BCUT2D eigenvalue weighted by Gasteiger charge is 2.58. The molecule has 0 aromatic rings. The molecule has 0 N–H and O–H groups in total. The molecule has 0 amide bonds. The van der Waals surface area contributed by atoms with Gasteiger partial charge < -0.3 is 4.74 Å². The monoisotopic (exact) mass is 276 g/mol. The first-order valence-electron chi connectivity index (χ1n) is 7.08. The van der Waals surface area contributed by atoms with Crippen LogP contribution in [-0.4, -0.2) is 24.6 Å². The van der Waals surface area contributed by atoms with Gasteiger partial charge in [0.2, 0.25) is 11.6 Å². The van der Waals surface area contributed by atoms with Crippen LogP contribution < -0.4 is 0 Å². The first-order valence-corrected chi connectivity index (χ1v) is 7.08. The predicted molar refractivity (Wildman–Crippen MR) is 73.9 cm³/mol. The number of carbonyl (C=O) groups is 3. The minimum absolute atomic E-state index is 0.336. The van der Waals surface area contributed by atoms with Crippen LogP contribution in [0.2, 0.25) is 0 Å². The van der Waals surface area contributed by atoms with Crippen molar-refractivity contribution in [2.75, 3.05) is 7.11 Å². The van der Waals surface area contributed by atoms with E-state index in [9.17, 15) is 14.4 Å². The Morgan fingerprint density at radius 2 is 1.75 bits per heavy atom. The van der Waals surface area contributed by atoms with Crippen LogP contribution in [-0.2, 0) is 19.1 Å². The Morgan fingerprint density at radius 1 is 1.10 bits per heavy atom. The summed E-state index contributed by atoms with van der Waals surface area (Å²) in [5.41, 5.74) is -1.71. The highest BCUT2D eigenvalue weighted by molar-refractivity contribution is 6.46. The van der Waals surface area contributed by atoms with E-state index in [1.54, 1.807) is 12.2 Å². The summed E-state index contributed by atoms with van der Waals surface area (Å²) in [5.74, 6) is -1.36. The van der Waals surface area contributed by atoms with E-state index in [4.69, 9.17) is 4.74 Å². The molecule has 2 atom stereocenters. The number of ether oxygens (including phenoxy) is 1. The molecule has 0 aromatic heterocycles. The van der Waals surface area contributed by atoms with Crippen LogP contribution in [0.15, 0.2) is 23.8 Å². The molecule has 0 spiro atoms. The molecule has 4 heteroatoms. The number of esters is 1. The normalized spacial score (nSPS) is 31.4. The fourth-order valence-corrected chi connectivity index (χ4v) is 3.33. The molecule has 0 radical (unpaired) electrons. The molecule has 2 bridgehead atoms. The van der Waals surface area contributed by atoms with Gasteiger partial charge in [-0.2, -0.15) is 0 Å². The fraction of sp³-hybridized carbons (Fsp3) is 0.562. The van der Waals surface area contributed by atoms with Crippen LogP contribution in [0.5, 0.6) is 0 Å². The van der Waals surface area contributed by atoms with Gasteiger partial charge in [-0.25, -0.2) is 4.79 Å². The van der Waals surface area contributed by atoms with Crippen molar-refractivity contribution in [3.8, 4) is 0 Å². The summed E-state index contributed by atoms with van der Waals surface area (Å²) in [6.07, 6.45) is 7.69. The van der Waals surface area contributed by atoms with Crippen molar-refractivity contribution >= 4 is 17.5 Å². The minimum Gasteiger partial charge on any atom is -0.466 e.